The Bertz CT molecular complexity index is 440. The predicted octanol–water partition coefficient (Wildman–Crippen LogP) is 3.27. The zero-order valence-corrected chi connectivity index (χ0v) is 11.8. The molecular weight excluding hydrogens is 289 g/mol. The van der Waals surface area contributed by atoms with Gasteiger partial charge in [-0.1, -0.05) is 0 Å². The summed E-state index contributed by atoms with van der Waals surface area (Å²) in [4.78, 5) is 10.0. The van der Waals surface area contributed by atoms with E-state index in [2.05, 4.69) is 0 Å². The van der Waals surface area contributed by atoms with Gasteiger partial charge in [-0.15, -0.1) is 0 Å². The second-order valence-electron chi connectivity index (χ2n) is 3.13. The predicted molar refractivity (Wildman–Crippen MR) is 71.3 cm³/mol. The minimum absolute atomic E-state index is 0.0107. The van der Waals surface area contributed by atoms with Crippen molar-refractivity contribution in [3.63, 3.8) is 0 Å². The number of rotatable bonds is 7. The van der Waals surface area contributed by atoms with Crippen LogP contribution in [0.4, 0.5) is 5.69 Å². The summed E-state index contributed by atoms with van der Waals surface area (Å²) in [6, 6.07) is 5.62. The smallest absolute Gasteiger partial charge is 0.380 e. The average molecular weight is 303 g/mol. The van der Waals surface area contributed by atoms with Gasteiger partial charge in [0.25, 0.3) is 5.69 Å². The molecule has 0 spiro atoms. The summed E-state index contributed by atoms with van der Waals surface area (Å²) in [5.41, 5.74) is -0.0107. The van der Waals surface area contributed by atoms with Crippen molar-refractivity contribution in [3.8, 4) is 5.75 Å². The first-order valence-electron chi connectivity index (χ1n) is 5.34. The molecule has 0 aromatic heterocycles. The highest BCUT2D eigenvalue weighted by Crippen LogP contribution is 2.49. The number of nitro benzene ring substituents is 1. The molecule has 1 aromatic carbocycles. The van der Waals surface area contributed by atoms with Gasteiger partial charge < -0.3 is 4.52 Å². The summed E-state index contributed by atoms with van der Waals surface area (Å²) in [6.07, 6.45) is 0. The van der Waals surface area contributed by atoms with Crippen molar-refractivity contribution in [2.24, 2.45) is 0 Å². The SMILES string of the molecule is CCOP(=S)(OCC)O[14c]1[14cH][14cH][14c]([N+](=O)[O-])[14cH][14cH]1. The summed E-state index contributed by atoms with van der Waals surface area (Å²) in [5, 5.41) is 10.5. The highest BCUT2D eigenvalue weighted by Gasteiger charge is 2.21. The molecule has 0 unspecified atom stereocenters. The molecule has 0 saturated carbocycles. The Hall–Kier alpha value is -1.01. The summed E-state index contributed by atoms with van der Waals surface area (Å²) in [5.74, 6) is 0.394. The number of hydrogen-bond acceptors (Lipinski definition) is 6. The third kappa shape index (κ3) is 4.34. The molecular formula is C10H14NO5PS. The van der Waals surface area contributed by atoms with E-state index in [1.807, 2.05) is 0 Å². The van der Waals surface area contributed by atoms with Crippen molar-refractivity contribution in [1.82, 2.24) is 0 Å². The van der Waals surface area contributed by atoms with E-state index in [-0.39, 0.29) is 5.69 Å². The van der Waals surface area contributed by atoms with E-state index < -0.39 is 11.6 Å². The molecule has 6 nitrogen and oxygen atoms in total. The number of hydrogen-bond donors (Lipinski definition) is 0. The lowest BCUT2D eigenvalue weighted by molar-refractivity contribution is -0.384. The lowest BCUT2D eigenvalue weighted by Crippen LogP contribution is -2.02. The first-order chi connectivity index (χ1) is 8.50. The summed E-state index contributed by atoms with van der Waals surface area (Å²) in [7, 11) is 0. The molecule has 0 fully saturated rings. The van der Waals surface area contributed by atoms with Crippen LogP contribution in [0.25, 0.3) is 0 Å². The third-order valence-corrected chi connectivity index (χ3v) is 4.28. The Balaban J connectivity index is 2.81. The zero-order valence-electron chi connectivity index (χ0n) is 10.1. The molecule has 0 atom stereocenters. The normalized spacial score (nSPS) is 11.2. The molecule has 0 bridgehead atoms. The molecule has 18 heavy (non-hydrogen) atoms. The van der Waals surface area contributed by atoms with Crippen LogP contribution in [-0.2, 0) is 20.9 Å². The van der Waals surface area contributed by atoms with Crippen molar-refractivity contribution in [2.45, 2.75) is 13.8 Å². The van der Waals surface area contributed by atoms with Gasteiger partial charge in [0, 0.05) is 23.9 Å². The summed E-state index contributed by atoms with van der Waals surface area (Å²) >= 11 is 5.18. The van der Waals surface area contributed by atoms with Crippen LogP contribution in [0.3, 0.4) is 0 Å². The Kier molecular flexibility index (Phi) is 5.68. The molecule has 8 heteroatoms. The van der Waals surface area contributed by atoms with Crippen LogP contribution in [0.5, 0.6) is 5.75 Å². The van der Waals surface area contributed by atoms with Crippen LogP contribution in [0.1, 0.15) is 13.8 Å². The molecule has 0 amide bonds. The van der Waals surface area contributed by atoms with Gasteiger partial charge >= 0.3 is 6.72 Å². The molecule has 0 aliphatic rings. The lowest BCUT2D eigenvalue weighted by Gasteiger charge is -2.20. The molecule has 1 rings (SSSR count). The summed E-state index contributed by atoms with van der Waals surface area (Å²) < 4.78 is 16.1. The largest absolute Gasteiger partial charge is 0.424 e. The maximum atomic E-state index is 10.5. The van der Waals surface area contributed by atoms with Crippen LogP contribution >= 0.6 is 6.72 Å². The van der Waals surface area contributed by atoms with Gasteiger partial charge in [-0.2, -0.15) is 0 Å². The van der Waals surface area contributed by atoms with Crippen molar-refractivity contribution < 1.29 is 18.5 Å². The van der Waals surface area contributed by atoms with Crippen molar-refractivity contribution in [1.29, 1.82) is 0 Å². The molecule has 0 N–H and O–H groups in total. The highest BCUT2D eigenvalue weighted by atomic mass is 32.5. The first-order valence-corrected chi connectivity index (χ1v) is 7.89. The molecule has 0 saturated heterocycles. The maximum absolute atomic E-state index is 10.5. The van der Waals surface area contributed by atoms with Gasteiger partial charge in [0.05, 0.1) is 18.1 Å². The van der Waals surface area contributed by atoms with Gasteiger partial charge in [0.2, 0.25) is 0 Å². The van der Waals surface area contributed by atoms with Gasteiger partial charge in [-0.25, -0.2) is 0 Å². The fourth-order valence-corrected chi connectivity index (χ4v) is 3.25. The Morgan fingerprint density at radius 2 is 1.72 bits per heavy atom. The fourth-order valence-electron chi connectivity index (χ4n) is 1.16. The Morgan fingerprint density at radius 1 is 1.22 bits per heavy atom. The second kappa shape index (κ2) is 6.80. The standard InChI is InChI=1S/C10H14NO5PS/c1-3-14-17(18,15-4-2)16-10-7-5-9(6-8-10)11(12)13/h5-8H,3-4H2,1-2H3/i5+2,6+2,7+2,8+2,9+2,10+2. The molecule has 0 heterocycles. The van der Waals surface area contributed by atoms with Gasteiger partial charge in [0.15, 0.2) is 0 Å². The van der Waals surface area contributed by atoms with Crippen LogP contribution in [-0.4, -0.2) is 18.1 Å². The van der Waals surface area contributed by atoms with E-state index in [0.29, 0.717) is 19.0 Å². The molecule has 0 aliphatic carbocycles. The number of benzene rings is 1. The van der Waals surface area contributed by atoms with E-state index in [9.17, 15) is 10.1 Å². The quantitative estimate of drug-likeness (QED) is 0.437. The summed E-state index contributed by atoms with van der Waals surface area (Å²) in [6.45, 7) is 1.52. The van der Waals surface area contributed by atoms with Gasteiger partial charge in [-0.05, 0) is 26.0 Å². The fraction of sp³-hybridized carbons (Fsp3) is 0.400. The van der Waals surface area contributed by atoms with E-state index in [4.69, 9.17) is 25.4 Å². The van der Waals surface area contributed by atoms with Crippen molar-refractivity contribution >= 4 is 24.2 Å². The number of nitro groups is 1. The minimum Gasteiger partial charge on any atom is -0.424 e. The van der Waals surface area contributed by atoms with Gasteiger partial charge in [0.1, 0.15) is 5.75 Å². The minimum atomic E-state index is -2.82. The maximum Gasteiger partial charge on any atom is 0.380 e. The van der Waals surface area contributed by atoms with Crippen LogP contribution in [0.2, 0.25) is 0 Å². The second-order valence-corrected chi connectivity index (χ2v) is 6.06. The number of nitrogens with zero attached hydrogens (tertiary/aromatic N) is 1. The molecule has 0 aliphatic heterocycles. The van der Waals surface area contributed by atoms with Crippen LogP contribution in [0.15, 0.2) is 24.3 Å². The van der Waals surface area contributed by atoms with Crippen LogP contribution < -0.4 is 4.52 Å². The van der Waals surface area contributed by atoms with E-state index in [1.54, 1.807) is 13.8 Å². The average Bonchev–Trinajstić information content (AvgIpc) is 2.30. The highest BCUT2D eigenvalue weighted by molar-refractivity contribution is 8.07. The monoisotopic (exact) mass is 303 g/mol. The zero-order chi connectivity index (χ0) is 13.6. The van der Waals surface area contributed by atoms with Gasteiger partial charge in [-0.3, -0.25) is 19.2 Å². The van der Waals surface area contributed by atoms with Crippen molar-refractivity contribution in [2.75, 3.05) is 13.2 Å². The van der Waals surface area contributed by atoms with E-state index in [0.717, 1.165) is 0 Å². The Morgan fingerprint density at radius 3 is 2.11 bits per heavy atom. The molecule has 1 aromatic rings. The third-order valence-electron chi connectivity index (χ3n) is 1.84. The number of non-ortho nitro benzene ring substituents is 1. The van der Waals surface area contributed by atoms with E-state index in [1.165, 1.54) is 24.3 Å². The first kappa shape index (κ1) is 15.0. The van der Waals surface area contributed by atoms with E-state index >= 15 is 0 Å². The van der Waals surface area contributed by atoms with Crippen LogP contribution in [0, 0.1) is 10.1 Å². The lowest BCUT2D eigenvalue weighted by atomic mass is 10.9. The topological polar surface area (TPSA) is 70.8 Å². The van der Waals surface area contributed by atoms with Crippen molar-refractivity contribution in [3.05, 3.63) is 34.4 Å². The molecule has 0 radical (unpaired) electrons. The molecule has 100 valence electrons. The Labute approximate surface area is 110 Å².